The van der Waals surface area contributed by atoms with Gasteiger partial charge in [0.05, 0.1) is 44.4 Å². The summed E-state index contributed by atoms with van der Waals surface area (Å²) in [5.74, 6) is 2.13. The van der Waals surface area contributed by atoms with Crippen LogP contribution in [-0.4, -0.2) is 41.8 Å². The van der Waals surface area contributed by atoms with Crippen molar-refractivity contribution >= 4 is 27.8 Å². The number of methoxy groups -OCH3 is 3. The molecule has 0 aliphatic heterocycles. The number of para-hydroxylation sites is 2. The molecular weight excluding hydrogens is 372 g/mol. The number of benzene rings is 2. The Balaban J connectivity index is 1.63. The second kappa shape index (κ2) is 7.38. The third-order valence-electron chi connectivity index (χ3n) is 4.97. The molecule has 4 rings (SSSR count). The highest BCUT2D eigenvalue weighted by molar-refractivity contribution is 6.02. The molecule has 2 heterocycles. The first kappa shape index (κ1) is 18.7. The van der Waals surface area contributed by atoms with Gasteiger partial charge in [-0.2, -0.15) is 0 Å². The number of nitrogens with zero attached hydrogens (tertiary/aromatic N) is 2. The number of fused-ring (bicyclic) bond motifs is 2. The van der Waals surface area contributed by atoms with E-state index in [0.29, 0.717) is 35.0 Å². The van der Waals surface area contributed by atoms with Crippen molar-refractivity contribution in [2.45, 2.75) is 6.54 Å². The lowest BCUT2D eigenvalue weighted by Crippen LogP contribution is -2.24. The number of hydrogen-bond acceptors (Lipinski definition) is 5. The number of H-pyrrole nitrogens is 1. The normalized spacial score (nSPS) is 11.0. The predicted octanol–water partition coefficient (Wildman–Crippen LogP) is 3.01. The van der Waals surface area contributed by atoms with Crippen LogP contribution in [0.1, 0.15) is 16.3 Å². The van der Waals surface area contributed by atoms with Crippen LogP contribution in [0.25, 0.3) is 21.9 Å². The Hall–Kier alpha value is -3.68. The second-order valence-corrected chi connectivity index (χ2v) is 6.54. The van der Waals surface area contributed by atoms with Gasteiger partial charge in [0.2, 0.25) is 0 Å². The fourth-order valence-corrected chi connectivity index (χ4v) is 3.47. The summed E-state index contributed by atoms with van der Waals surface area (Å²) in [4.78, 5) is 20.5. The molecule has 0 bridgehead atoms. The first-order valence-electron chi connectivity index (χ1n) is 9.07. The molecule has 4 aromatic rings. The topological polar surface area (TPSA) is 90.4 Å². The smallest absolute Gasteiger partial charge is 0.268 e. The van der Waals surface area contributed by atoms with Crippen molar-refractivity contribution in [3.63, 3.8) is 0 Å². The van der Waals surface area contributed by atoms with E-state index in [0.717, 1.165) is 22.2 Å². The van der Waals surface area contributed by atoms with Gasteiger partial charge in [0, 0.05) is 18.5 Å². The number of carbonyl (C=O) groups excluding carboxylic acids is 1. The summed E-state index contributed by atoms with van der Waals surface area (Å²) in [6, 6.07) is 11.3. The molecular formula is C21H22N4O4. The molecule has 150 valence electrons. The summed E-state index contributed by atoms with van der Waals surface area (Å²) in [6.07, 6.45) is 0. The van der Waals surface area contributed by atoms with Gasteiger partial charge in [-0.3, -0.25) is 4.79 Å². The summed E-state index contributed by atoms with van der Waals surface area (Å²) in [7, 11) is 6.60. The van der Waals surface area contributed by atoms with Crippen LogP contribution in [0.2, 0.25) is 0 Å². The standard InChI is InChI=1S/C21H22N4O4/c1-25-15-8-6-5-7-13(15)23-18(25)11-22-21(26)14-9-12-16(27-2)10-17(28-3)20(29-4)19(12)24-14/h5-10,24H,11H2,1-4H3,(H,22,26). The predicted molar refractivity (Wildman–Crippen MR) is 110 cm³/mol. The van der Waals surface area contributed by atoms with E-state index in [1.54, 1.807) is 33.5 Å². The molecule has 0 saturated carbocycles. The van der Waals surface area contributed by atoms with Gasteiger partial charge < -0.3 is 29.1 Å². The van der Waals surface area contributed by atoms with Crippen molar-refractivity contribution in [2.75, 3.05) is 21.3 Å². The first-order chi connectivity index (χ1) is 14.1. The van der Waals surface area contributed by atoms with Crippen molar-refractivity contribution in [3.8, 4) is 17.2 Å². The Morgan fingerprint density at radius 1 is 1.10 bits per heavy atom. The molecule has 0 fully saturated rings. The highest BCUT2D eigenvalue weighted by Crippen LogP contribution is 2.41. The molecule has 29 heavy (non-hydrogen) atoms. The Kier molecular flexibility index (Phi) is 4.75. The molecule has 0 atom stereocenters. The lowest BCUT2D eigenvalue weighted by atomic mass is 10.2. The van der Waals surface area contributed by atoms with Crippen LogP contribution in [0.5, 0.6) is 17.2 Å². The maximum absolute atomic E-state index is 12.8. The van der Waals surface area contributed by atoms with Crippen LogP contribution in [0.4, 0.5) is 0 Å². The maximum Gasteiger partial charge on any atom is 0.268 e. The van der Waals surface area contributed by atoms with E-state index in [1.807, 2.05) is 35.9 Å². The van der Waals surface area contributed by atoms with Crippen LogP contribution >= 0.6 is 0 Å². The number of ether oxygens (including phenoxy) is 3. The number of aryl methyl sites for hydroxylation is 1. The van der Waals surface area contributed by atoms with Gasteiger partial charge in [0.25, 0.3) is 5.91 Å². The number of carbonyl (C=O) groups is 1. The van der Waals surface area contributed by atoms with Crippen molar-refractivity contribution in [3.05, 3.63) is 47.9 Å². The van der Waals surface area contributed by atoms with Gasteiger partial charge in [0.1, 0.15) is 17.3 Å². The Morgan fingerprint density at radius 3 is 2.55 bits per heavy atom. The van der Waals surface area contributed by atoms with E-state index in [4.69, 9.17) is 14.2 Å². The van der Waals surface area contributed by atoms with Crippen molar-refractivity contribution < 1.29 is 19.0 Å². The Morgan fingerprint density at radius 2 is 1.86 bits per heavy atom. The minimum Gasteiger partial charge on any atom is -0.496 e. The molecule has 8 heteroatoms. The van der Waals surface area contributed by atoms with E-state index >= 15 is 0 Å². The SMILES string of the molecule is COc1cc(OC)c2cc(C(=O)NCc3nc4ccccc4n3C)[nH]c2c1OC. The van der Waals surface area contributed by atoms with Crippen LogP contribution < -0.4 is 19.5 Å². The molecule has 8 nitrogen and oxygen atoms in total. The average Bonchev–Trinajstić information content (AvgIpc) is 3.33. The molecule has 2 aromatic carbocycles. The highest BCUT2D eigenvalue weighted by atomic mass is 16.5. The van der Waals surface area contributed by atoms with E-state index in [9.17, 15) is 4.79 Å². The van der Waals surface area contributed by atoms with Crippen LogP contribution in [0.3, 0.4) is 0 Å². The largest absolute Gasteiger partial charge is 0.496 e. The molecule has 0 radical (unpaired) electrons. The number of aromatic nitrogens is 3. The quantitative estimate of drug-likeness (QED) is 0.525. The molecule has 0 spiro atoms. The number of aromatic amines is 1. The summed E-state index contributed by atoms with van der Waals surface area (Å²) in [5, 5.41) is 3.65. The van der Waals surface area contributed by atoms with Gasteiger partial charge >= 0.3 is 0 Å². The summed E-state index contributed by atoms with van der Waals surface area (Å²) < 4.78 is 18.2. The summed E-state index contributed by atoms with van der Waals surface area (Å²) in [5.41, 5.74) is 2.94. The number of amides is 1. The van der Waals surface area contributed by atoms with Gasteiger partial charge in [-0.25, -0.2) is 4.98 Å². The molecule has 0 aliphatic rings. The van der Waals surface area contributed by atoms with Crippen LogP contribution in [0, 0.1) is 0 Å². The monoisotopic (exact) mass is 394 g/mol. The minimum atomic E-state index is -0.253. The lowest BCUT2D eigenvalue weighted by molar-refractivity contribution is 0.0945. The maximum atomic E-state index is 12.8. The molecule has 0 aliphatic carbocycles. The third-order valence-corrected chi connectivity index (χ3v) is 4.97. The van der Waals surface area contributed by atoms with Gasteiger partial charge in [-0.15, -0.1) is 0 Å². The molecule has 1 amide bonds. The Bertz CT molecular complexity index is 1210. The molecule has 2 N–H and O–H groups in total. The van der Waals surface area contributed by atoms with E-state index in [1.165, 1.54) is 0 Å². The van der Waals surface area contributed by atoms with Crippen molar-refractivity contribution in [1.82, 2.24) is 19.9 Å². The second-order valence-electron chi connectivity index (χ2n) is 6.54. The van der Waals surface area contributed by atoms with Gasteiger partial charge in [-0.1, -0.05) is 12.1 Å². The fraction of sp³-hybridized carbons (Fsp3) is 0.238. The number of nitrogens with one attached hydrogen (secondary N) is 2. The summed E-state index contributed by atoms with van der Waals surface area (Å²) >= 11 is 0. The Labute approximate surface area is 167 Å². The number of imidazole rings is 1. The zero-order valence-corrected chi connectivity index (χ0v) is 16.7. The van der Waals surface area contributed by atoms with Crippen molar-refractivity contribution in [1.29, 1.82) is 0 Å². The zero-order chi connectivity index (χ0) is 20.5. The van der Waals surface area contributed by atoms with Crippen LogP contribution in [0.15, 0.2) is 36.4 Å². The highest BCUT2D eigenvalue weighted by Gasteiger charge is 2.20. The molecule has 0 saturated heterocycles. The van der Waals surface area contributed by atoms with E-state index in [-0.39, 0.29) is 5.91 Å². The van der Waals surface area contributed by atoms with E-state index < -0.39 is 0 Å². The molecule has 0 unspecified atom stereocenters. The lowest BCUT2D eigenvalue weighted by Gasteiger charge is -2.11. The van der Waals surface area contributed by atoms with Crippen molar-refractivity contribution in [2.24, 2.45) is 7.05 Å². The minimum absolute atomic E-state index is 0.253. The third kappa shape index (κ3) is 3.12. The van der Waals surface area contributed by atoms with Gasteiger partial charge in [-0.05, 0) is 18.2 Å². The molecule has 2 aromatic heterocycles. The number of hydrogen-bond donors (Lipinski definition) is 2. The van der Waals surface area contributed by atoms with Gasteiger partial charge in [0.15, 0.2) is 11.5 Å². The summed E-state index contributed by atoms with van der Waals surface area (Å²) in [6.45, 7) is 0.303. The average molecular weight is 394 g/mol. The zero-order valence-electron chi connectivity index (χ0n) is 16.7. The first-order valence-corrected chi connectivity index (χ1v) is 9.07. The van der Waals surface area contributed by atoms with Crippen LogP contribution in [-0.2, 0) is 13.6 Å². The fourth-order valence-electron chi connectivity index (χ4n) is 3.47. The van der Waals surface area contributed by atoms with E-state index in [2.05, 4.69) is 15.3 Å². The number of rotatable bonds is 6.